The second-order valence-electron chi connectivity index (χ2n) is 7.81. The summed E-state index contributed by atoms with van der Waals surface area (Å²) in [6, 6.07) is 14.3. The van der Waals surface area contributed by atoms with Crippen molar-refractivity contribution in [3.8, 4) is 22.8 Å². The maximum absolute atomic E-state index is 13.6. The van der Waals surface area contributed by atoms with Gasteiger partial charge < -0.3 is 14.4 Å². The van der Waals surface area contributed by atoms with E-state index in [0.717, 1.165) is 0 Å². The van der Waals surface area contributed by atoms with E-state index >= 15 is 0 Å². The molecule has 3 aromatic heterocycles. The topological polar surface area (TPSA) is 103 Å². The first-order valence-electron chi connectivity index (χ1n) is 10.5. The van der Waals surface area contributed by atoms with E-state index < -0.39 is 23.0 Å². The zero-order chi connectivity index (χ0) is 24.5. The number of aromatic nitrogens is 4. The molecule has 0 spiro atoms. The van der Waals surface area contributed by atoms with Gasteiger partial charge in [-0.05, 0) is 55.5 Å². The Morgan fingerprint density at radius 3 is 2.60 bits per heavy atom. The van der Waals surface area contributed by atoms with Crippen molar-refractivity contribution in [2.45, 2.75) is 13.5 Å². The van der Waals surface area contributed by atoms with Gasteiger partial charge in [0, 0.05) is 23.1 Å². The van der Waals surface area contributed by atoms with Crippen molar-refractivity contribution in [2.75, 3.05) is 5.32 Å². The van der Waals surface area contributed by atoms with Crippen molar-refractivity contribution in [3.63, 3.8) is 0 Å². The number of carbonyl (C=O) groups excluding carboxylic acids is 1. The molecule has 5 rings (SSSR count). The predicted molar refractivity (Wildman–Crippen MR) is 124 cm³/mol. The SMILES string of the molecule is Cc1ccc2c(=O)c(-c3nc(-c4cccc(F)c4)no3)cn(CC(=O)Nc3ccc(F)cc3)c2n1. The first kappa shape index (κ1) is 22.1. The van der Waals surface area contributed by atoms with Crippen LogP contribution in [0.3, 0.4) is 0 Å². The van der Waals surface area contributed by atoms with Gasteiger partial charge in [-0.15, -0.1) is 0 Å². The molecule has 3 heterocycles. The van der Waals surface area contributed by atoms with E-state index in [9.17, 15) is 18.4 Å². The highest BCUT2D eigenvalue weighted by molar-refractivity contribution is 5.91. The van der Waals surface area contributed by atoms with Gasteiger partial charge in [0.1, 0.15) is 29.4 Å². The lowest BCUT2D eigenvalue weighted by atomic mass is 10.1. The van der Waals surface area contributed by atoms with Crippen molar-refractivity contribution in [3.05, 3.63) is 94.4 Å². The third-order valence-electron chi connectivity index (χ3n) is 5.24. The highest BCUT2D eigenvalue weighted by Gasteiger charge is 2.19. The van der Waals surface area contributed by atoms with Gasteiger partial charge in [0.2, 0.25) is 17.2 Å². The van der Waals surface area contributed by atoms with Gasteiger partial charge >= 0.3 is 0 Å². The zero-order valence-electron chi connectivity index (χ0n) is 18.3. The molecule has 10 heteroatoms. The number of anilines is 1. The number of rotatable bonds is 5. The molecule has 174 valence electrons. The van der Waals surface area contributed by atoms with Crippen LogP contribution in [0.2, 0.25) is 0 Å². The van der Waals surface area contributed by atoms with Crippen molar-refractivity contribution in [1.82, 2.24) is 19.7 Å². The number of fused-ring (bicyclic) bond motifs is 1. The second kappa shape index (κ2) is 8.90. The summed E-state index contributed by atoms with van der Waals surface area (Å²) in [5.41, 5.74) is 1.42. The molecule has 0 aliphatic rings. The standard InChI is InChI=1S/C25H17F2N5O3/c1-14-5-10-19-22(34)20(25-30-23(31-35-25)15-3-2-4-17(27)11-15)12-32(24(19)28-14)13-21(33)29-18-8-6-16(26)7-9-18/h2-12H,13H2,1H3,(H,29,33). The van der Waals surface area contributed by atoms with Crippen LogP contribution in [0.25, 0.3) is 33.9 Å². The van der Waals surface area contributed by atoms with Crippen LogP contribution in [0.4, 0.5) is 14.5 Å². The summed E-state index contributed by atoms with van der Waals surface area (Å²) >= 11 is 0. The van der Waals surface area contributed by atoms with Crippen molar-refractivity contribution < 1.29 is 18.1 Å². The van der Waals surface area contributed by atoms with Gasteiger partial charge in [-0.25, -0.2) is 13.8 Å². The molecule has 0 saturated heterocycles. The number of halogens is 2. The molecule has 0 saturated carbocycles. The van der Waals surface area contributed by atoms with Gasteiger partial charge in [-0.2, -0.15) is 4.98 Å². The van der Waals surface area contributed by atoms with E-state index in [-0.39, 0.29) is 29.2 Å². The minimum Gasteiger partial charge on any atom is -0.333 e. The van der Waals surface area contributed by atoms with Crippen molar-refractivity contribution in [2.24, 2.45) is 0 Å². The van der Waals surface area contributed by atoms with Gasteiger partial charge in [-0.3, -0.25) is 9.59 Å². The van der Waals surface area contributed by atoms with Gasteiger partial charge in [0.05, 0.1) is 5.39 Å². The lowest BCUT2D eigenvalue weighted by Gasteiger charge is -2.12. The molecule has 0 radical (unpaired) electrons. The molecule has 8 nitrogen and oxygen atoms in total. The fraction of sp³-hybridized carbons (Fsp3) is 0.0800. The Morgan fingerprint density at radius 1 is 1.03 bits per heavy atom. The Labute approximate surface area is 196 Å². The first-order valence-corrected chi connectivity index (χ1v) is 10.5. The average Bonchev–Trinajstić information content (AvgIpc) is 3.32. The molecule has 2 aromatic carbocycles. The highest BCUT2D eigenvalue weighted by Crippen LogP contribution is 2.23. The number of hydrogen-bond acceptors (Lipinski definition) is 6. The second-order valence-corrected chi connectivity index (χ2v) is 7.81. The molecule has 0 fully saturated rings. The van der Waals surface area contributed by atoms with Crippen molar-refractivity contribution in [1.29, 1.82) is 0 Å². The summed E-state index contributed by atoms with van der Waals surface area (Å²) in [5.74, 6) is -1.26. The molecule has 0 bridgehead atoms. The smallest absolute Gasteiger partial charge is 0.263 e. The van der Waals surface area contributed by atoms with Crippen LogP contribution in [0.15, 0.2) is 76.2 Å². The number of nitrogens with zero attached hydrogens (tertiary/aromatic N) is 4. The zero-order valence-corrected chi connectivity index (χ0v) is 18.3. The number of hydrogen-bond donors (Lipinski definition) is 1. The predicted octanol–water partition coefficient (Wildman–Crippen LogP) is 4.34. The summed E-state index contributed by atoms with van der Waals surface area (Å²) in [6.45, 7) is 1.58. The number of aryl methyl sites for hydroxylation is 1. The Bertz CT molecular complexity index is 1630. The maximum atomic E-state index is 13.6. The van der Waals surface area contributed by atoms with Crippen LogP contribution in [0, 0.1) is 18.6 Å². The maximum Gasteiger partial charge on any atom is 0.263 e. The lowest BCUT2D eigenvalue weighted by molar-refractivity contribution is -0.116. The largest absolute Gasteiger partial charge is 0.333 e. The molecule has 1 N–H and O–H groups in total. The summed E-state index contributed by atoms with van der Waals surface area (Å²) in [5, 5.41) is 6.81. The molecule has 0 aliphatic carbocycles. The third kappa shape index (κ3) is 4.54. The first-order chi connectivity index (χ1) is 16.9. The Morgan fingerprint density at radius 2 is 1.83 bits per heavy atom. The summed E-state index contributed by atoms with van der Waals surface area (Å²) in [4.78, 5) is 34.6. The number of amides is 1. The van der Waals surface area contributed by atoms with E-state index in [1.165, 1.54) is 53.2 Å². The van der Waals surface area contributed by atoms with Crippen molar-refractivity contribution >= 4 is 22.6 Å². The summed E-state index contributed by atoms with van der Waals surface area (Å²) < 4.78 is 33.6. The molecule has 0 atom stereocenters. The molecular weight excluding hydrogens is 456 g/mol. The molecule has 35 heavy (non-hydrogen) atoms. The molecule has 0 unspecified atom stereocenters. The minimum atomic E-state index is -0.462. The number of nitrogens with one attached hydrogen (secondary N) is 1. The summed E-state index contributed by atoms with van der Waals surface area (Å²) in [7, 11) is 0. The van der Waals surface area contributed by atoms with E-state index in [1.807, 2.05) is 0 Å². The van der Waals surface area contributed by atoms with Gasteiger partial charge in [0.25, 0.3) is 5.89 Å². The monoisotopic (exact) mass is 473 g/mol. The van der Waals surface area contributed by atoms with E-state index in [1.54, 1.807) is 25.1 Å². The minimum absolute atomic E-state index is 0.0629. The van der Waals surface area contributed by atoms with Crippen LogP contribution in [0.1, 0.15) is 5.69 Å². The Kier molecular flexibility index (Phi) is 5.61. The van der Waals surface area contributed by atoms with Gasteiger partial charge in [0.15, 0.2) is 0 Å². The fourth-order valence-electron chi connectivity index (χ4n) is 3.60. The number of carbonyl (C=O) groups is 1. The number of benzene rings is 2. The fourth-order valence-corrected chi connectivity index (χ4v) is 3.60. The summed E-state index contributed by atoms with van der Waals surface area (Å²) in [6.07, 6.45) is 1.42. The van der Waals surface area contributed by atoms with Crippen LogP contribution >= 0.6 is 0 Å². The molecule has 0 aliphatic heterocycles. The van der Waals surface area contributed by atoms with E-state index in [4.69, 9.17) is 4.52 Å². The Balaban J connectivity index is 1.55. The van der Waals surface area contributed by atoms with Crippen LogP contribution in [-0.4, -0.2) is 25.6 Å². The Hall–Kier alpha value is -4.73. The molecular formula is C25H17F2N5O3. The van der Waals surface area contributed by atoms with Crippen LogP contribution < -0.4 is 10.7 Å². The van der Waals surface area contributed by atoms with E-state index in [2.05, 4.69) is 20.4 Å². The van der Waals surface area contributed by atoms with E-state index in [0.29, 0.717) is 22.6 Å². The lowest BCUT2D eigenvalue weighted by Crippen LogP contribution is -2.22. The van der Waals surface area contributed by atoms with Crippen LogP contribution in [-0.2, 0) is 11.3 Å². The normalized spacial score (nSPS) is 11.1. The average molecular weight is 473 g/mol. The van der Waals surface area contributed by atoms with Gasteiger partial charge in [-0.1, -0.05) is 17.3 Å². The quantitative estimate of drug-likeness (QED) is 0.407. The third-order valence-corrected chi connectivity index (χ3v) is 5.24. The highest BCUT2D eigenvalue weighted by atomic mass is 19.1. The van der Waals surface area contributed by atoms with Crippen LogP contribution in [0.5, 0.6) is 0 Å². The molecule has 1 amide bonds. The number of pyridine rings is 2. The molecule has 5 aromatic rings.